The minimum absolute atomic E-state index is 0.0441. The molecule has 0 aromatic heterocycles. The van der Waals surface area contributed by atoms with Gasteiger partial charge >= 0.3 is 5.97 Å². The summed E-state index contributed by atoms with van der Waals surface area (Å²) in [5.41, 5.74) is 0. The summed E-state index contributed by atoms with van der Waals surface area (Å²) in [5, 5.41) is 0.178. The van der Waals surface area contributed by atoms with Gasteiger partial charge in [-0.2, -0.15) is 11.8 Å². The largest absolute Gasteiger partial charge is 0.464 e. The van der Waals surface area contributed by atoms with Crippen molar-refractivity contribution < 1.29 is 18.8 Å². The van der Waals surface area contributed by atoms with Crippen molar-refractivity contribution in [3.8, 4) is 0 Å². The van der Waals surface area contributed by atoms with Gasteiger partial charge in [0.25, 0.3) is 0 Å². The first kappa shape index (κ1) is 21.8. The van der Waals surface area contributed by atoms with Gasteiger partial charge < -0.3 is 14.1 Å². The average molecular weight is 402 g/mol. The quantitative estimate of drug-likeness (QED) is 0.387. The summed E-state index contributed by atoms with van der Waals surface area (Å²) in [6, 6.07) is -0.400. The number of amides is 1. The van der Waals surface area contributed by atoms with Gasteiger partial charge in [-0.25, -0.2) is 4.79 Å². The second-order valence-corrected chi connectivity index (χ2v) is 14.9. The Labute approximate surface area is 163 Å². The van der Waals surface area contributed by atoms with Gasteiger partial charge in [0.15, 0.2) is 8.32 Å². The Morgan fingerprint density at radius 3 is 2.38 bits per heavy atom. The number of thioether (sulfide) groups is 1. The first-order chi connectivity index (χ1) is 11.9. The maximum absolute atomic E-state index is 13.0. The Bertz CT molecular complexity index is 562. The summed E-state index contributed by atoms with van der Waals surface area (Å²) >= 11 is 1.66. The number of rotatable bonds is 6. The lowest BCUT2D eigenvalue weighted by Crippen LogP contribution is -2.67. The predicted molar refractivity (Wildman–Crippen MR) is 109 cm³/mol. The molecule has 7 heteroatoms. The molecule has 2 aliphatic rings. The highest BCUT2D eigenvalue weighted by atomic mass is 32.2. The summed E-state index contributed by atoms with van der Waals surface area (Å²) in [6.07, 6.45) is 1.88. The monoisotopic (exact) mass is 401 g/mol. The molecule has 0 bridgehead atoms. The van der Waals surface area contributed by atoms with E-state index in [1.807, 2.05) is 13.2 Å². The molecular weight excluding hydrogens is 366 g/mol. The Balaban J connectivity index is 2.21. The van der Waals surface area contributed by atoms with E-state index in [1.54, 1.807) is 23.6 Å². The molecule has 0 aromatic rings. The molecule has 0 aromatic carbocycles. The van der Waals surface area contributed by atoms with Crippen LogP contribution in [0.3, 0.4) is 0 Å². The SMILES string of the molecule is CCOC(=O)C1C(SC)[C@H](C)[C@@H]2[C@@H]([C@@H](C)O[Si](C)(C)C(C)(C)C)C(=O)N12. The van der Waals surface area contributed by atoms with Crippen LogP contribution < -0.4 is 0 Å². The van der Waals surface area contributed by atoms with E-state index < -0.39 is 14.4 Å². The number of carbonyl (C=O) groups excluding carboxylic acids is 2. The summed E-state index contributed by atoms with van der Waals surface area (Å²) in [5.74, 6) is -0.144. The van der Waals surface area contributed by atoms with Crippen molar-refractivity contribution in [2.24, 2.45) is 11.8 Å². The molecule has 0 aliphatic carbocycles. The van der Waals surface area contributed by atoms with E-state index in [0.29, 0.717) is 6.61 Å². The molecular formula is C19H35NO4SSi. The fraction of sp³-hybridized carbons (Fsp3) is 0.895. The van der Waals surface area contributed by atoms with E-state index in [-0.39, 0.29) is 46.1 Å². The van der Waals surface area contributed by atoms with Crippen molar-refractivity contribution in [1.29, 1.82) is 0 Å². The standard InChI is InChI=1S/C19H35NO4SSi/c1-10-23-18(22)15-16(25-7)11(2)14-13(17(21)20(14)15)12(3)24-26(8,9)19(4,5)6/h11-16H,10H2,1-9H3/t11-,12-,13-,14-,15?,16?/m1/s1. The molecule has 150 valence electrons. The molecule has 1 amide bonds. The second kappa shape index (κ2) is 7.47. The van der Waals surface area contributed by atoms with Gasteiger partial charge in [-0.3, -0.25) is 4.79 Å². The lowest BCUT2D eigenvalue weighted by molar-refractivity contribution is -0.172. The minimum Gasteiger partial charge on any atom is -0.464 e. The molecule has 2 rings (SSSR count). The highest BCUT2D eigenvalue weighted by molar-refractivity contribution is 7.99. The van der Waals surface area contributed by atoms with E-state index in [9.17, 15) is 9.59 Å². The van der Waals surface area contributed by atoms with Crippen LogP contribution in [0.15, 0.2) is 0 Å². The van der Waals surface area contributed by atoms with E-state index in [2.05, 4.69) is 40.8 Å². The van der Waals surface area contributed by atoms with Gasteiger partial charge in [-0.1, -0.05) is 27.7 Å². The van der Waals surface area contributed by atoms with Crippen molar-refractivity contribution in [2.75, 3.05) is 12.9 Å². The van der Waals surface area contributed by atoms with Gasteiger partial charge in [0, 0.05) is 5.25 Å². The predicted octanol–water partition coefficient (Wildman–Crippen LogP) is 3.54. The van der Waals surface area contributed by atoms with Crippen LogP contribution in [0.25, 0.3) is 0 Å². The molecule has 0 radical (unpaired) electrons. The molecule has 2 fully saturated rings. The van der Waals surface area contributed by atoms with Crippen LogP contribution >= 0.6 is 11.8 Å². The van der Waals surface area contributed by atoms with Crippen LogP contribution in [-0.2, 0) is 18.8 Å². The summed E-state index contributed by atoms with van der Waals surface area (Å²) in [4.78, 5) is 27.2. The molecule has 0 spiro atoms. The van der Waals surface area contributed by atoms with Crippen molar-refractivity contribution in [2.45, 2.75) is 83.1 Å². The van der Waals surface area contributed by atoms with Crippen molar-refractivity contribution in [1.82, 2.24) is 4.90 Å². The molecule has 2 unspecified atom stereocenters. The highest BCUT2D eigenvalue weighted by Crippen LogP contribution is 2.50. The van der Waals surface area contributed by atoms with Crippen molar-refractivity contribution in [3.05, 3.63) is 0 Å². The van der Waals surface area contributed by atoms with Crippen molar-refractivity contribution >= 4 is 32.0 Å². The Morgan fingerprint density at radius 1 is 1.35 bits per heavy atom. The molecule has 2 aliphatic heterocycles. The topological polar surface area (TPSA) is 55.8 Å². The number of hydrogen-bond donors (Lipinski definition) is 0. The van der Waals surface area contributed by atoms with E-state index in [0.717, 1.165) is 0 Å². The molecule has 5 nitrogen and oxygen atoms in total. The van der Waals surface area contributed by atoms with Gasteiger partial charge in [0.05, 0.1) is 24.7 Å². The first-order valence-corrected chi connectivity index (χ1v) is 13.8. The highest BCUT2D eigenvalue weighted by Gasteiger charge is 2.65. The molecule has 2 saturated heterocycles. The molecule has 6 atom stereocenters. The minimum atomic E-state index is -1.95. The molecule has 2 heterocycles. The zero-order chi connectivity index (χ0) is 20.0. The molecule has 0 saturated carbocycles. The lowest BCUT2D eigenvalue weighted by atomic mass is 9.79. The number of ether oxygens (including phenoxy) is 1. The Morgan fingerprint density at radius 2 is 1.92 bits per heavy atom. The zero-order valence-electron chi connectivity index (χ0n) is 17.7. The van der Waals surface area contributed by atoms with Crippen LogP contribution in [0.5, 0.6) is 0 Å². The van der Waals surface area contributed by atoms with Crippen LogP contribution in [0.2, 0.25) is 18.1 Å². The van der Waals surface area contributed by atoms with Crippen LogP contribution in [0.1, 0.15) is 41.5 Å². The maximum Gasteiger partial charge on any atom is 0.330 e. The fourth-order valence-electron chi connectivity index (χ4n) is 4.11. The van der Waals surface area contributed by atoms with Crippen LogP contribution in [0, 0.1) is 11.8 Å². The third kappa shape index (κ3) is 3.47. The number of fused-ring (bicyclic) bond motifs is 1. The zero-order valence-corrected chi connectivity index (χ0v) is 19.5. The summed E-state index contributed by atoms with van der Waals surface area (Å²) in [7, 11) is -1.95. The van der Waals surface area contributed by atoms with Gasteiger partial charge in [-0.05, 0) is 44.2 Å². The van der Waals surface area contributed by atoms with Crippen LogP contribution in [-0.4, -0.2) is 61.4 Å². The van der Waals surface area contributed by atoms with Crippen molar-refractivity contribution in [3.63, 3.8) is 0 Å². The Hall–Kier alpha value is -0.533. The summed E-state index contributed by atoms with van der Waals surface area (Å²) < 4.78 is 11.8. The smallest absolute Gasteiger partial charge is 0.330 e. The number of hydrogen-bond acceptors (Lipinski definition) is 5. The lowest BCUT2D eigenvalue weighted by Gasteiger charge is -2.50. The van der Waals surface area contributed by atoms with E-state index >= 15 is 0 Å². The van der Waals surface area contributed by atoms with E-state index in [4.69, 9.17) is 9.16 Å². The van der Waals surface area contributed by atoms with E-state index in [1.165, 1.54) is 0 Å². The summed E-state index contributed by atoms with van der Waals surface area (Å²) in [6.45, 7) is 17.4. The number of nitrogens with zero attached hydrogens (tertiary/aromatic N) is 1. The molecule has 26 heavy (non-hydrogen) atoms. The third-order valence-electron chi connectivity index (χ3n) is 6.49. The number of carbonyl (C=O) groups is 2. The fourth-order valence-corrected chi connectivity index (χ4v) is 6.63. The van der Waals surface area contributed by atoms with Crippen LogP contribution in [0.4, 0.5) is 0 Å². The molecule has 0 N–H and O–H groups in total. The van der Waals surface area contributed by atoms with Gasteiger partial charge in [0.2, 0.25) is 5.91 Å². The van der Waals surface area contributed by atoms with Gasteiger partial charge in [-0.15, -0.1) is 0 Å². The normalized spacial score (nSPS) is 32.9. The number of esters is 1. The third-order valence-corrected chi connectivity index (χ3v) is 12.3. The van der Waals surface area contributed by atoms with Gasteiger partial charge in [0.1, 0.15) is 6.04 Å². The Kier molecular flexibility index (Phi) is 6.25. The maximum atomic E-state index is 13.0. The average Bonchev–Trinajstić information content (AvgIpc) is 2.74. The number of β-lactam (4-membered cyclic amide) rings is 1. The second-order valence-electron chi connectivity index (χ2n) is 9.10. The first-order valence-electron chi connectivity index (χ1n) is 9.58.